The van der Waals surface area contributed by atoms with Crippen molar-refractivity contribution in [2.24, 2.45) is 10.9 Å². The summed E-state index contributed by atoms with van der Waals surface area (Å²) >= 11 is 3.42. The fraction of sp³-hybridized carbons (Fsp3) is 0.231. The molecular formula is C13H15BrN4O. The van der Waals surface area contributed by atoms with E-state index in [1.807, 2.05) is 37.6 Å². The van der Waals surface area contributed by atoms with Crippen LogP contribution in [-0.4, -0.2) is 20.8 Å². The second kappa shape index (κ2) is 5.05. The molecule has 0 amide bonds. The highest BCUT2D eigenvalue weighted by molar-refractivity contribution is 9.10. The Balaban J connectivity index is 2.53. The molecule has 0 atom stereocenters. The van der Waals surface area contributed by atoms with Gasteiger partial charge >= 0.3 is 0 Å². The first-order valence-electron chi connectivity index (χ1n) is 5.76. The summed E-state index contributed by atoms with van der Waals surface area (Å²) in [5.74, 6) is 0.0722. The van der Waals surface area contributed by atoms with Crippen LogP contribution in [0.15, 0.2) is 27.8 Å². The van der Waals surface area contributed by atoms with Crippen LogP contribution in [-0.2, 0) is 0 Å². The van der Waals surface area contributed by atoms with Gasteiger partial charge in [0, 0.05) is 15.7 Å². The molecule has 6 heteroatoms. The van der Waals surface area contributed by atoms with E-state index in [1.165, 1.54) is 5.56 Å². The Kier molecular flexibility index (Phi) is 3.61. The fourth-order valence-electron chi connectivity index (χ4n) is 1.87. The van der Waals surface area contributed by atoms with E-state index in [9.17, 15) is 0 Å². The van der Waals surface area contributed by atoms with Crippen molar-refractivity contribution < 1.29 is 5.21 Å². The summed E-state index contributed by atoms with van der Waals surface area (Å²) in [6.45, 7) is 6.06. The lowest BCUT2D eigenvalue weighted by Crippen LogP contribution is -2.14. The van der Waals surface area contributed by atoms with Gasteiger partial charge in [0.05, 0.1) is 11.4 Å². The second-order valence-corrected chi connectivity index (χ2v) is 5.21. The maximum atomic E-state index is 8.71. The third kappa shape index (κ3) is 2.35. The molecule has 2 aromatic rings. The predicted octanol–water partition coefficient (Wildman–Crippen LogP) is 2.65. The molecule has 0 saturated carbocycles. The minimum atomic E-state index is 0.0722. The van der Waals surface area contributed by atoms with Gasteiger partial charge in [-0.3, -0.25) is 0 Å². The molecule has 1 heterocycles. The minimum Gasteiger partial charge on any atom is -0.409 e. The van der Waals surface area contributed by atoms with Gasteiger partial charge in [-0.25, -0.2) is 4.68 Å². The maximum Gasteiger partial charge on any atom is 0.171 e. The number of aryl methyl sites for hydroxylation is 1. The Morgan fingerprint density at radius 2 is 2.05 bits per heavy atom. The van der Waals surface area contributed by atoms with Crippen LogP contribution in [0.4, 0.5) is 0 Å². The number of aromatic nitrogens is 2. The van der Waals surface area contributed by atoms with Gasteiger partial charge in [0.1, 0.15) is 0 Å². The molecule has 0 radical (unpaired) electrons. The topological polar surface area (TPSA) is 76.4 Å². The number of nitrogens with two attached hydrogens (primary N) is 1. The van der Waals surface area contributed by atoms with Gasteiger partial charge in [0.15, 0.2) is 5.84 Å². The lowest BCUT2D eigenvalue weighted by atomic mass is 10.2. The van der Waals surface area contributed by atoms with Crippen molar-refractivity contribution in [3.05, 3.63) is 45.2 Å². The molecular weight excluding hydrogens is 308 g/mol. The first-order valence-corrected chi connectivity index (χ1v) is 6.55. The summed E-state index contributed by atoms with van der Waals surface area (Å²) in [5.41, 5.74) is 10.4. The van der Waals surface area contributed by atoms with Crippen LogP contribution >= 0.6 is 15.9 Å². The number of hydrogen-bond donors (Lipinski definition) is 2. The smallest absolute Gasteiger partial charge is 0.171 e. The van der Waals surface area contributed by atoms with Crippen LogP contribution in [0.3, 0.4) is 0 Å². The third-order valence-electron chi connectivity index (χ3n) is 3.23. The van der Waals surface area contributed by atoms with E-state index in [2.05, 4.69) is 26.2 Å². The van der Waals surface area contributed by atoms with Gasteiger partial charge in [0.25, 0.3) is 0 Å². The van der Waals surface area contributed by atoms with Crippen LogP contribution in [0.1, 0.15) is 22.5 Å². The lowest BCUT2D eigenvalue weighted by molar-refractivity contribution is 0.318. The van der Waals surface area contributed by atoms with E-state index >= 15 is 0 Å². The summed E-state index contributed by atoms with van der Waals surface area (Å²) in [7, 11) is 0. The Bertz CT molecular complexity index is 661. The average Bonchev–Trinajstić information content (AvgIpc) is 2.65. The predicted molar refractivity (Wildman–Crippen MR) is 78.0 cm³/mol. The molecule has 3 N–H and O–H groups in total. The van der Waals surface area contributed by atoms with Gasteiger partial charge in [-0.15, -0.1) is 0 Å². The molecule has 100 valence electrons. The first-order chi connectivity index (χ1) is 8.95. The first kappa shape index (κ1) is 13.6. The number of amidine groups is 1. The highest BCUT2D eigenvalue weighted by atomic mass is 79.9. The Morgan fingerprint density at radius 3 is 2.53 bits per heavy atom. The van der Waals surface area contributed by atoms with Gasteiger partial charge < -0.3 is 10.9 Å². The number of rotatable bonds is 2. The zero-order valence-corrected chi connectivity index (χ0v) is 12.6. The molecule has 19 heavy (non-hydrogen) atoms. The van der Waals surface area contributed by atoms with E-state index in [-0.39, 0.29) is 5.84 Å². The zero-order chi connectivity index (χ0) is 14.2. The number of hydrogen-bond acceptors (Lipinski definition) is 3. The van der Waals surface area contributed by atoms with Crippen LogP contribution in [0, 0.1) is 20.8 Å². The van der Waals surface area contributed by atoms with Crippen molar-refractivity contribution in [3.8, 4) is 5.69 Å². The number of oxime groups is 1. The van der Waals surface area contributed by atoms with Crippen molar-refractivity contribution in [3.63, 3.8) is 0 Å². The summed E-state index contributed by atoms with van der Waals surface area (Å²) in [5, 5.41) is 16.2. The fourth-order valence-corrected chi connectivity index (χ4v) is 2.44. The van der Waals surface area contributed by atoms with E-state index in [1.54, 1.807) is 6.07 Å². The molecule has 1 aromatic carbocycles. The van der Waals surface area contributed by atoms with Crippen molar-refractivity contribution in [2.75, 3.05) is 0 Å². The molecule has 0 aliphatic heterocycles. The van der Waals surface area contributed by atoms with E-state index < -0.39 is 0 Å². The molecule has 5 nitrogen and oxygen atoms in total. The van der Waals surface area contributed by atoms with Crippen molar-refractivity contribution in [1.29, 1.82) is 0 Å². The van der Waals surface area contributed by atoms with E-state index in [0.29, 0.717) is 5.56 Å². The highest BCUT2D eigenvalue weighted by Crippen LogP contribution is 2.23. The van der Waals surface area contributed by atoms with Gasteiger partial charge in [-0.05, 0) is 60.5 Å². The third-order valence-corrected chi connectivity index (χ3v) is 3.89. The van der Waals surface area contributed by atoms with Crippen LogP contribution in [0.2, 0.25) is 0 Å². The highest BCUT2D eigenvalue weighted by Gasteiger charge is 2.11. The van der Waals surface area contributed by atoms with Crippen LogP contribution in [0.25, 0.3) is 5.69 Å². The SMILES string of the molecule is Cc1nn(-c2ccc(/C(N)=N/O)c(Br)c2)c(C)c1C. The summed E-state index contributed by atoms with van der Waals surface area (Å²) < 4.78 is 2.64. The average molecular weight is 323 g/mol. The van der Waals surface area contributed by atoms with Crippen molar-refractivity contribution >= 4 is 21.8 Å². The Labute approximate surface area is 119 Å². The number of halogens is 1. The normalized spacial score (nSPS) is 11.9. The molecule has 0 unspecified atom stereocenters. The number of benzene rings is 1. The van der Waals surface area contributed by atoms with Gasteiger partial charge in [-0.2, -0.15) is 5.10 Å². The van der Waals surface area contributed by atoms with E-state index in [0.717, 1.165) is 21.5 Å². The molecule has 0 aliphatic rings. The molecule has 0 saturated heterocycles. The molecule has 1 aromatic heterocycles. The Hall–Kier alpha value is -1.82. The van der Waals surface area contributed by atoms with Crippen molar-refractivity contribution in [1.82, 2.24) is 9.78 Å². The number of nitrogens with zero attached hydrogens (tertiary/aromatic N) is 3. The lowest BCUT2D eigenvalue weighted by Gasteiger charge is -2.08. The van der Waals surface area contributed by atoms with Gasteiger partial charge in [-0.1, -0.05) is 5.16 Å². The molecule has 2 rings (SSSR count). The molecule has 0 fully saturated rings. The van der Waals surface area contributed by atoms with Crippen LogP contribution in [0.5, 0.6) is 0 Å². The molecule has 0 aliphatic carbocycles. The van der Waals surface area contributed by atoms with Crippen molar-refractivity contribution in [2.45, 2.75) is 20.8 Å². The maximum absolute atomic E-state index is 8.71. The van der Waals surface area contributed by atoms with Gasteiger partial charge in [0.2, 0.25) is 0 Å². The minimum absolute atomic E-state index is 0.0722. The molecule has 0 spiro atoms. The standard InChI is InChI=1S/C13H15BrN4O/c1-7-8(2)16-18(9(7)3)10-4-5-11(12(14)6-10)13(15)17-19/h4-6,19H,1-3H3,(H2,15,17). The largest absolute Gasteiger partial charge is 0.409 e. The van der Waals surface area contributed by atoms with E-state index in [4.69, 9.17) is 10.9 Å². The van der Waals surface area contributed by atoms with Crippen LogP contribution < -0.4 is 5.73 Å². The monoisotopic (exact) mass is 322 g/mol. The summed E-state index contributed by atoms with van der Waals surface area (Å²) in [6, 6.07) is 5.57. The summed E-state index contributed by atoms with van der Waals surface area (Å²) in [4.78, 5) is 0. The second-order valence-electron chi connectivity index (χ2n) is 4.36. The zero-order valence-electron chi connectivity index (χ0n) is 11.0. The summed E-state index contributed by atoms with van der Waals surface area (Å²) in [6.07, 6.45) is 0. The quantitative estimate of drug-likeness (QED) is 0.386. The molecule has 0 bridgehead atoms. The Morgan fingerprint density at radius 1 is 1.37 bits per heavy atom.